The largest absolute Gasteiger partial charge is 0.352 e. The van der Waals surface area contributed by atoms with Crippen LogP contribution in [0.1, 0.15) is 15.9 Å². The smallest absolute Gasteiger partial charge is 0.254 e. The van der Waals surface area contributed by atoms with Crippen molar-refractivity contribution in [3.63, 3.8) is 0 Å². The van der Waals surface area contributed by atoms with Crippen LogP contribution in [0.5, 0.6) is 0 Å². The molecule has 1 amide bonds. The minimum absolute atomic E-state index is 0.156. The normalized spacial score (nSPS) is 10.5. The molecule has 0 aromatic heterocycles. The molecule has 0 aliphatic heterocycles. The van der Waals surface area contributed by atoms with Crippen molar-refractivity contribution in [2.24, 2.45) is 0 Å². The fraction of sp³-hybridized carbons (Fsp3) is 0.133. The number of rotatable bonds is 4. The summed E-state index contributed by atoms with van der Waals surface area (Å²) in [5.41, 5.74) is 0.0780. The summed E-state index contributed by atoms with van der Waals surface area (Å²) < 4.78 is 52.2. The van der Waals surface area contributed by atoms with Gasteiger partial charge in [0.15, 0.2) is 23.3 Å². The Morgan fingerprint density at radius 1 is 0.952 bits per heavy atom. The second kappa shape index (κ2) is 6.39. The van der Waals surface area contributed by atoms with E-state index in [4.69, 9.17) is 0 Å². The molecule has 6 heteroatoms. The van der Waals surface area contributed by atoms with Crippen LogP contribution >= 0.6 is 0 Å². The predicted octanol–water partition coefficient (Wildman–Crippen LogP) is 3.22. The molecular formula is C15H11F4NO. The molecule has 0 fully saturated rings. The summed E-state index contributed by atoms with van der Waals surface area (Å²) in [6.07, 6.45) is 0.473. The number of amides is 1. The molecule has 0 heterocycles. The number of halogens is 4. The highest BCUT2D eigenvalue weighted by Crippen LogP contribution is 2.18. The third-order valence-corrected chi connectivity index (χ3v) is 2.89. The standard InChI is InChI=1S/C15H11F4NO/c16-11-8-10(12(17)14(19)13(11)18)15(21)20-7-6-9-4-2-1-3-5-9/h1-5,8H,6-7H2,(H,20,21). The Kier molecular flexibility index (Phi) is 4.57. The van der Waals surface area contributed by atoms with E-state index in [1.807, 2.05) is 30.3 Å². The zero-order chi connectivity index (χ0) is 15.4. The van der Waals surface area contributed by atoms with E-state index in [1.54, 1.807) is 0 Å². The highest BCUT2D eigenvalue weighted by molar-refractivity contribution is 5.94. The molecule has 0 bridgehead atoms. The summed E-state index contributed by atoms with van der Waals surface area (Å²) in [4.78, 5) is 11.7. The molecule has 2 nitrogen and oxygen atoms in total. The molecule has 2 aromatic rings. The van der Waals surface area contributed by atoms with Gasteiger partial charge < -0.3 is 5.32 Å². The molecule has 0 atom stereocenters. The number of nitrogens with one attached hydrogen (secondary N) is 1. The summed E-state index contributed by atoms with van der Waals surface area (Å²) >= 11 is 0. The number of carbonyl (C=O) groups excluding carboxylic acids is 1. The second-order valence-corrected chi connectivity index (χ2v) is 4.34. The van der Waals surface area contributed by atoms with Crippen LogP contribution in [0.15, 0.2) is 36.4 Å². The zero-order valence-corrected chi connectivity index (χ0v) is 10.8. The minimum Gasteiger partial charge on any atom is -0.352 e. The molecule has 0 aliphatic rings. The van der Waals surface area contributed by atoms with E-state index in [9.17, 15) is 22.4 Å². The van der Waals surface area contributed by atoms with Gasteiger partial charge in [0.1, 0.15) is 0 Å². The van der Waals surface area contributed by atoms with Crippen molar-refractivity contribution in [2.75, 3.05) is 6.54 Å². The zero-order valence-electron chi connectivity index (χ0n) is 10.8. The number of hydrogen-bond acceptors (Lipinski definition) is 1. The van der Waals surface area contributed by atoms with E-state index < -0.39 is 34.7 Å². The van der Waals surface area contributed by atoms with Crippen molar-refractivity contribution in [1.82, 2.24) is 5.32 Å². The third kappa shape index (κ3) is 3.39. The average Bonchev–Trinajstić information content (AvgIpc) is 2.49. The number of benzene rings is 2. The summed E-state index contributed by atoms with van der Waals surface area (Å²) in [7, 11) is 0. The van der Waals surface area contributed by atoms with Crippen LogP contribution in [0.4, 0.5) is 17.6 Å². The van der Waals surface area contributed by atoms with E-state index in [0.717, 1.165) is 5.56 Å². The van der Waals surface area contributed by atoms with Gasteiger partial charge in [0.25, 0.3) is 5.91 Å². The van der Waals surface area contributed by atoms with E-state index >= 15 is 0 Å². The first-order chi connectivity index (χ1) is 10.0. The molecule has 110 valence electrons. The third-order valence-electron chi connectivity index (χ3n) is 2.89. The summed E-state index contributed by atoms with van der Waals surface area (Å²) in [5, 5.41) is 2.33. The fourth-order valence-electron chi connectivity index (χ4n) is 1.80. The second-order valence-electron chi connectivity index (χ2n) is 4.34. The lowest BCUT2D eigenvalue weighted by Crippen LogP contribution is -2.27. The van der Waals surface area contributed by atoms with Crippen LogP contribution in [0.2, 0.25) is 0 Å². The summed E-state index contributed by atoms with van der Waals surface area (Å²) in [6, 6.07) is 9.49. The highest BCUT2D eigenvalue weighted by Gasteiger charge is 2.22. The first-order valence-electron chi connectivity index (χ1n) is 6.16. The average molecular weight is 297 g/mol. The lowest BCUT2D eigenvalue weighted by atomic mass is 10.1. The van der Waals surface area contributed by atoms with Crippen LogP contribution in [-0.4, -0.2) is 12.5 Å². The van der Waals surface area contributed by atoms with Gasteiger partial charge in [0, 0.05) is 6.54 Å². The van der Waals surface area contributed by atoms with Crippen molar-refractivity contribution < 1.29 is 22.4 Å². The van der Waals surface area contributed by atoms with Gasteiger partial charge >= 0.3 is 0 Å². The molecular weight excluding hydrogens is 286 g/mol. The van der Waals surface area contributed by atoms with Gasteiger partial charge in [-0.3, -0.25) is 4.79 Å². The van der Waals surface area contributed by atoms with Crippen LogP contribution in [0.25, 0.3) is 0 Å². The Bertz CT molecular complexity index is 658. The first kappa shape index (κ1) is 15.0. The van der Waals surface area contributed by atoms with Gasteiger partial charge in [-0.25, -0.2) is 17.6 Å². The molecule has 21 heavy (non-hydrogen) atoms. The lowest BCUT2D eigenvalue weighted by molar-refractivity contribution is 0.0948. The highest BCUT2D eigenvalue weighted by atomic mass is 19.2. The molecule has 0 saturated carbocycles. The maximum Gasteiger partial charge on any atom is 0.254 e. The molecule has 0 radical (unpaired) electrons. The van der Waals surface area contributed by atoms with Crippen molar-refractivity contribution >= 4 is 5.91 Å². The minimum atomic E-state index is -2.00. The van der Waals surface area contributed by atoms with Crippen molar-refractivity contribution in [3.05, 3.63) is 70.8 Å². The fourth-order valence-corrected chi connectivity index (χ4v) is 1.80. The van der Waals surface area contributed by atoms with Crippen LogP contribution in [-0.2, 0) is 6.42 Å². The van der Waals surface area contributed by atoms with Gasteiger partial charge in [-0.1, -0.05) is 30.3 Å². The van der Waals surface area contributed by atoms with E-state index in [2.05, 4.69) is 5.32 Å². The molecule has 0 aliphatic carbocycles. The lowest BCUT2D eigenvalue weighted by Gasteiger charge is -2.07. The number of hydrogen-bond donors (Lipinski definition) is 1. The SMILES string of the molecule is O=C(NCCc1ccccc1)c1cc(F)c(F)c(F)c1F. The van der Waals surface area contributed by atoms with E-state index in [0.29, 0.717) is 12.5 Å². The Morgan fingerprint density at radius 3 is 2.29 bits per heavy atom. The van der Waals surface area contributed by atoms with E-state index in [-0.39, 0.29) is 6.54 Å². The van der Waals surface area contributed by atoms with Crippen molar-refractivity contribution in [2.45, 2.75) is 6.42 Å². The van der Waals surface area contributed by atoms with Crippen LogP contribution in [0.3, 0.4) is 0 Å². The van der Waals surface area contributed by atoms with E-state index in [1.165, 1.54) is 0 Å². The van der Waals surface area contributed by atoms with Crippen LogP contribution in [0, 0.1) is 23.3 Å². The molecule has 0 unspecified atom stereocenters. The molecule has 2 rings (SSSR count). The van der Waals surface area contributed by atoms with Gasteiger partial charge in [-0.2, -0.15) is 0 Å². The van der Waals surface area contributed by atoms with Crippen LogP contribution < -0.4 is 5.32 Å². The van der Waals surface area contributed by atoms with Crippen molar-refractivity contribution in [1.29, 1.82) is 0 Å². The molecule has 0 saturated heterocycles. The van der Waals surface area contributed by atoms with Gasteiger partial charge in [0.2, 0.25) is 0 Å². The maximum absolute atomic E-state index is 13.4. The monoisotopic (exact) mass is 297 g/mol. The first-order valence-corrected chi connectivity index (χ1v) is 6.16. The summed E-state index contributed by atoms with van der Waals surface area (Å²) in [5.74, 6) is -8.24. The summed E-state index contributed by atoms with van der Waals surface area (Å²) in [6.45, 7) is 0.156. The topological polar surface area (TPSA) is 29.1 Å². The maximum atomic E-state index is 13.4. The molecule has 2 aromatic carbocycles. The molecule has 1 N–H and O–H groups in total. The number of carbonyl (C=O) groups is 1. The van der Waals surface area contributed by atoms with Gasteiger partial charge in [-0.15, -0.1) is 0 Å². The molecule has 0 spiro atoms. The Balaban J connectivity index is 2.04. The Morgan fingerprint density at radius 2 is 1.62 bits per heavy atom. The van der Waals surface area contributed by atoms with Gasteiger partial charge in [0.05, 0.1) is 5.56 Å². The Labute approximate surface area is 118 Å². The predicted molar refractivity (Wildman–Crippen MR) is 68.8 cm³/mol. The Hall–Kier alpha value is -2.37. The quantitative estimate of drug-likeness (QED) is 0.524. The van der Waals surface area contributed by atoms with Gasteiger partial charge in [-0.05, 0) is 18.1 Å². The van der Waals surface area contributed by atoms with Crippen molar-refractivity contribution in [3.8, 4) is 0 Å².